The van der Waals surface area contributed by atoms with Crippen LogP contribution in [0.4, 0.5) is 0 Å². The Morgan fingerprint density at radius 1 is 1.00 bits per heavy atom. The summed E-state index contributed by atoms with van der Waals surface area (Å²) in [7, 11) is 0. The van der Waals surface area contributed by atoms with E-state index in [9.17, 15) is 9.59 Å². The van der Waals surface area contributed by atoms with Crippen molar-refractivity contribution in [3.63, 3.8) is 0 Å². The van der Waals surface area contributed by atoms with E-state index in [0.717, 1.165) is 58.5 Å². The summed E-state index contributed by atoms with van der Waals surface area (Å²) < 4.78 is 0. The summed E-state index contributed by atoms with van der Waals surface area (Å²) >= 11 is 0. The van der Waals surface area contributed by atoms with Crippen LogP contribution in [0.2, 0.25) is 0 Å². The van der Waals surface area contributed by atoms with Gasteiger partial charge in [-0.05, 0) is 51.7 Å². The zero-order chi connectivity index (χ0) is 16.1. The SMILES string of the molecule is O=C(NCCCN1CCCC1)C1CCN(C(=O)C2CNC2)CC1. The number of nitrogens with one attached hydrogen (secondary N) is 2. The van der Waals surface area contributed by atoms with Crippen LogP contribution in [0.3, 0.4) is 0 Å². The van der Waals surface area contributed by atoms with Crippen LogP contribution in [0, 0.1) is 11.8 Å². The second-order valence-corrected chi connectivity index (χ2v) is 7.15. The first-order valence-corrected chi connectivity index (χ1v) is 9.23. The van der Waals surface area contributed by atoms with Gasteiger partial charge in [0.1, 0.15) is 0 Å². The van der Waals surface area contributed by atoms with Crippen molar-refractivity contribution in [3.05, 3.63) is 0 Å². The van der Waals surface area contributed by atoms with Gasteiger partial charge in [-0.25, -0.2) is 0 Å². The van der Waals surface area contributed by atoms with E-state index in [2.05, 4.69) is 15.5 Å². The largest absolute Gasteiger partial charge is 0.356 e. The smallest absolute Gasteiger partial charge is 0.228 e. The lowest BCUT2D eigenvalue weighted by molar-refractivity contribution is -0.140. The van der Waals surface area contributed by atoms with Crippen molar-refractivity contribution in [1.29, 1.82) is 0 Å². The van der Waals surface area contributed by atoms with Gasteiger partial charge in [0.25, 0.3) is 0 Å². The molecule has 0 radical (unpaired) electrons. The van der Waals surface area contributed by atoms with E-state index in [-0.39, 0.29) is 23.7 Å². The van der Waals surface area contributed by atoms with Gasteiger partial charge in [0.2, 0.25) is 11.8 Å². The third-order valence-corrected chi connectivity index (χ3v) is 5.46. The van der Waals surface area contributed by atoms with Crippen molar-refractivity contribution in [2.75, 3.05) is 52.4 Å². The van der Waals surface area contributed by atoms with Crippen molar-refractivity contribution in [3.8, 4) is 0 Å². The lowest BCUT2D eigenvalue weighted by atomic mass is 9.93. The van der Waals surface area contributed by atoms with E-state index in [1.807, 2.05) is 4.90 Å². The molecule has 2 amide bonds. The van der Waals surface area contributed by atoms with Crippen LogP contribution < -0.4 is 10.6 Å². The number of likely N-dealkylation sites (tertiary alicyclic amines) is 2. The van der Waals surface area contributed by atoms with Gasteiger partial charge >= 0.3 is 0 Å². The zero-order valence-corrected chi connectivity index (χ0v) is 14.1. The van der Waals surface area contributed by atoms with Gasteiger partial charge < -0.3 is 20.4 Å². The molecule has 23 heavy (non-hydrogen) atoms. The van der Waals surface area contributed by atoms with Crippen LogP contribution in [0.5, 0.6) is 0 Å². The second kappa shape index (κ2) is 8.11. The molecular weight excluding hydrogens is 292 g/mol. The minimum absolute atomic E-state index is 0.0883. The number of nitrogens with zero attached hydrogens (tertiary/aromatic N) is 2. The van der Waals surface area contributed by atoms with Crippen molar-refractivity contribution in [2.24, 2.45) is 11.8 Å². The molecule has 6 nitrogen and oxygen atoms in total. The fourth-order valence-corrected chi connectivity index (χ4v) is 3.75. The van der Waals surface area contributed by atoms with Crippen molar-refractivity contribution in [2.45, 2.75) is 32.1 Å². The first-order chi connectivity index (χ1) is 11.2. The molecule has 0 spiro atoms. The Kier molecular flexibility index (Phi) is 5.89. The molecule has 0 aromatic carbocycles. The molecule has 2 N–H and O–H groups in total. The fourth-order valence-electron chi connectivity index (χ4n) is 3.75. The highest BCUT2D eigenvalue weighted by atomic mass is 16.2. The third-order valence-electron chi connectivity index (χ3n) is 5.46. The molecule has 0 aromatic rings. The average molecular weight is 322 g/mol. The van der Waals surface area contributed by atoms with E-state index >= 15 is 0 Å². The molecule has 3 heterocycles. The molecule has 0 aromatic heterocycles. The fraction of sp³-hybridized carbons (Fsp3) is 0.882. The van der Waals surface area contributed by atoms with Crippen LogP contribution in [0.15, 0.2) is 0 Å². The average Bonchev–Trinajstić information content (AvgIpc) is 3.03. The van der Waals surface area contributed by atoms with E-state index in [1.54, 1.807) is 0 Å². The Morgan fingerprint density at radius 3 is 2.30 bits per heavy atom. The van der Waals surface area contributed by atoms with E-state index in [4.69, 9.17) is 0 Å². The summed E-state index contributed by atoms with van der Waals surface area (Å²) in [6.07, 6.45) is 5.30. The number of carbonyl (C=O) groups is 2. The molecular formula is C17H30N4O2. The minimum atomic E-state index is 0.0883. The highest BCUT2D eigenvalue weighted by Crippen LogP contribution is 2.20. The standard InChI is InChI=1S/C17H30N4O2/c22-16(19-6-3-9-20-7-1-2-8-20)14-4-10-21(11-5-14)17(23)15-12-18-13-15/h14-15,18H,1-13H2,(H,19,22). The maximum atomic E-state index is 12.2. The molecule has 6 heteroatoms. The van der Waals surface area contributed by atoms with Crippen LogP contribution in [-0.4, -0.2) is 74.0 Å². The van der Waals surface area contributed by atoms with Crippen LogP contribution >= 0.6 is 0 Å². The van der Waals surface area contributed by atoms with Gasteiger partial charge in [-0.15, -0.1) is 0 Å². The van der Waals surface area contributed by atoms with Crippen LogP contribution in [0.1, 0.15) is 32.1 Å². The van der Waals surface area contributed by atoms with E-state index < -0.39 is 0 Å². The number of hydrogen-bond donors (Lipinski definition) is 2. The summed E-state index contributed by atoms with van der Waals surface area (Å²) in [6.45, 7) is 7.42. The number of hydrogen-bond acceptors (Lipinski definition) is 4. The Balaban J connectivity index is 1.29. The molecule has 0 atom stereocenters. The Morgan fingerprint density at radius 2 is 1.70 bits per heavy atom. The summed E-state index contributed by atoms with van der Waals surface area (Å²) in [5.74, 6) is 0.716. The summed E-state index contributed by atoms with van der Waals surface area (Å²) in [4.78, 5) is 28.8. The van der Waals surface area contributed by atoms with Gasteiger partial charge in [-0.2, -0.15) is 0 Å². The Labute approximate surface area is 139 Å². The van der Waals surface area contributed by atoms with Gasteiger partial charge in [0.05, 0.1) is 5.92 Å². The minimum Gasteiger partial charge on any atom is -0.356 e. The normalized spacial score (nSPS) is 23.7. The lowest BCUT2D eigenvalue weighted by Crippen LogP contribution is -2.54. The van der Waals surface area contributed by atoms with Crippen LogP contribution in [0.25, 0.3) is 0 Å². The second-order valence-electron chi connectivity index (χ2n) is 7.15. The van der Waals surface area contributed by atoms with Crippen molar-refractivity contribution >= 4 is 11.8 Å². The molecule has 0 saturated carbocycles. The molecule has 0 aliphatic carbocycles. The van der Waals surface area contributed by atoms with Crippen LogP contribution in [-0.2, 0) is 9.59 Å². The van der Waals surface area contributed by atoms with Gasteiger partial charge in [0.15, 0.2) is 0 Å². The van der Waals surface area contributed by atoms with Crippen molar-refractivity contribution in [1.82, 2.24) is 20.4 Å². The molecule has 3 saturated heterocycles. The van der Waals surface area contributed by atoms with Gasteiger partial charge in [-0.3, -0.25) is 9.59 Å². The molecule has 0 bridgehead atoms. The maximum absolute atomic E-state index is 12.2. The van der Waals surface area contributed by atoms with E-state index in [1.165, 1.54) is 25.9 Å². The lowest BCUT2D eigenvalue weighted by Gasteiger charge is -2.36. The predicted molar refractivity (Wildman–Crippen MR) is 89.0 cm³/mol. The Hall–Kier alpha value is -1.14. The van der Waals surface area contributed by atoms with Crippen molar-refractivity contribution < 1.29 is 9.59 Å². The molecule has 3 aliphatic heterocycles. The highest BCUT2D eigenvalue weighted by molar-refractivity contribution is 5.81. The number of piperidine rings is 1. The monoisotopic (exact) mass is 322 g/mol. The predicted octanol–water partition coefficient (Wildman–Crippen LogP) is 0.0465. The first-order valence-electron chi connectivity index (χ1n) is 9.23. The Bertz CT molecular complexity index is 411. The van der Waals surface area contributed by atoms with Gasteiger partial charge in [0, 0.05) is 38.6 Å². The first kappa shape index (κ1) is 16.7. The number of rotatable bonds is 6. The molecule has 130 valence electrons. The molecule has 0 unspecified atom stereocenters. The number of carbonyl (C=O) groups excluding carboxylic acids is 2. The topological polar surface area (TPSA) is 64.7 Å². The highest BCUT2D eigenvalue weighted by Gasteiger charge is 2.33. The molecule has 3 fully saturated rings. The molecule has 3 rings (SSSR count). The van der Waals surface area contributed by atoms with Gasteiger partial charge in [-0.1, -0.05) is 0 Å². The third kappa shape index (κ3) is 4.44. The maximum Gasteiger partial charge on any atom is 0.228 e. The molecule has 3 aliphatic rings. The summed E-state index contributed by atoms with van der Waals surface area (Å²) in [5.41, 5.74) is 0. The summed E-state index contributed by atoms with van der Waals surface area (Å²) in [5, 5.41) is 6.23. The summed E-state index contributed by atoms with van der Waals surface area (Å²) in [6, 6.07) is 0. The number of amides is 2. The zero-order valence-electron chi connectivity index (χ0n) is 14.1. The quantitative estimate of drug-likeness (QED) is 0.678. The van der Waals surface area contributed by atoms with E-state index in [0.29, 0.717) is 0 Å².